The summed E-state index contributed by atoms with van der Waals surface area (Å²) >= 11 is 0. The predicted molar refractivity (Wildman–Crippen MR) is 97.4 cm³/mol. The molecule has 0 fully saturated rings. The van der Waals surface area contributed by atoms with Gasteiger partial charge >= 0.3 is 11.9 Å². The number of carbonyl (C=O) groups is 2. The number of benzene rings is 2. The van der Waals surface area contributed by atoms with Crippen LogP contribution < -0.4 is 0 Å². The maximum absolute atomic E-state index is 11.6. The summed E-state index contributed by atoms with van der Waals surface area (Å²) in [6, 6.07) is 19.0. The summed E-state index contributed by atoms with van der Waals surface area (Å²) in [5.41, 5.74) is 1.90. The lowest BCUT2D eigenvalue weighted by Crippen LogP contribution is -2.08. The van der Waals surface area contributed by atoms with Crippen LogP contribution in [0.15, 0.2) is 60.7 Å². The van der Waals surface area contributed by atoms with Crippen LogP contribution in [-0.2, 0) is 32.3 Å². The maximum Gasteiger partial charge on any atom is 0.317 e. The van der Waals surface area contributed by atoms with Crippen LogP contribution in [0, 0.1) is 0 Å². The predicted octanol–water partition coefficient (Wildman–Crippen LogP) is 3.85. The summed E-state index contributed by atoms with van der Waals surface area (Å²) in [5, 5.41) is 0. The van der Waals surface area contributed by atoms with E-state index in [9.17, 15) is 9.59 Å². The Balaban J connectivity index is 1.52. The quantitative estimate of drug-likeness (QED) is 0.384. The number of hydrogen-bond donors (Lipinski definition) is 0. The number of esters is 2. The molecule has 0 saturated heterocycles. The fourth-order valence-electron chi connectivity index (χ4n) is 1.74. The van der Waals surface area contributed by atoms with Gasteiger partial charge in [0, 0.05) is 0 Å². The molecule has 0 N–H and O–H groups in total. The van der Waals surface area contributed by atoms with Gasteiger partial charge in [-0.15, -0.1) is 0 Å². The van der Waals surface area contributed by atoms with E-state index in [4.69, 9.17) is 9.47 Å². The molecule has 0 aliphatic heterocycles. The van der Waals surface area contributed by atoms with Crippen LogP contribution in [0.3, 0.4) is 0 Å². The highest BCUT2D eigenvalue weighted by Gasteiger charge is 2.07. The molecule has 0 aromatic heterocycles. The van der Waals surface area contributed by atoms with Crippen molar-refractivity contribution in [2.24, 2.45) is 0 Å². The zero-order valence-electron chi connectivity index (χ0n) is 13.1. The number of hydrogen-bond acceptors (Lipinski definition) is 6. The molecule has 2 aromatic rings. The van der Waals surface area contributed by atoms with Gasteiger partial charge in [-0.2, -0.15) is 0 Å². The van der Waals surface area contributed by atoms with Crippen molar-refractivity contribution in [1.29, 1.82) is 0 Å². The van der Waals surface area contributed by atoms with E-state index in [1.54, 1.807) is 0 Å². The van der Waals surface area contributed by atoms with Gasteiger partial charge < -0.3 is 9.47 Å². The largest absolute Gasteiger partial charge is 0.460 e. The van der Waals surface area contributed by atoms with Crippen molar-refractivity contribution in [2.75, 3.05) is 11.5 Å². The smallest absolute Gasteiger partial charge is 0.317 e. The molecular weight excluding hydrogens is 344 g/mol. The normalized spacial score (nSPS) is 10.2. The highest BCUT2D eigenvalue weighted by Crippen LogP contribution is 2.21. The third-order valence-corrected chi connectivity index (χ3v) is 5.00. The minimum absolute atomic E-state index is 0.198. The zero-order valence-corrected chi connectivity index (χ0v) is 14.7. The van der Waals surface area contributed by atoms with Crippen molar-refractivity contribution in [3.8, 4) is 0 Å². The van der Waals surface area contributed by atoms with Gasteiger partial charge in [0.25, 0.3) is 0 Å². The molecule has 126 valence electrons. The molecule has 4 nitrogen and oxygen atoms in total. The van der Waals surface area contributed by atoms with Gasteiger partial charge in [0.15, 0.2) is 0 Å². The Bertz CT molecular complexity index is 574. The Kier molecular flexibility index (Phi) is 8.27. The van der Waals surface area contributed by atoms with E-state index >= 15 is 0 Å². The van der Waals surface area contributed by atoms with E-state index in [1.807, 2.05) is 60.7 Å². The molecule has 0 saturated carbocycles. The average Bonchev–Trinajstić information content (AvgIpc) is 2.63. The standard InChI is InChI=1S/C18H18O4S2/c19-17(21-11-15-7-3-1-4-8-15)13-23-24-14-18(20)22-12-16-9-5-2-6-10-16/h1-10H,11-14H2. The number of rotatable bonds is 9. The minimum atomic E-state index is -0.297. The summed E-state index contributed by atoms with van der Waals surface area (Å²) in [7, 11) is 2.58. The first-order valence-corrected chi connectivity index (χ1v) is 9.86. The second-order valence-electron chi connectivity index (χ2n) is 4.82. The molecule has 24 heavy (non-hydrogen) atoms. The lowest BCUT2D eigenvalue weighted by Gasteiger charge is -2.05. The van der Waals surface area contributed by atoms with Crippen LogP contribution in [0.5, 0.6) is 0 Å². The zero-order chi connectivity index (χ0) is 17.0. The molecule has 0 aliphatic carbocycles. The highest BCUT2D eigenvalue weighted by molar-refractivity contribution is 8.77. The van der Waals surface area contributed by atoms with Crippen molar-refractivity contribution < 1.29 is 19.1 Å². The number of carbonyl (C=O) groups excluding carboxylic acids is 2. The van der Waals surface area contributed by atoms with Crippen molar-refractivity contribution in [3.63, 3.8) is 0 Å². The third-order valence-electron chi connectivity index (χ3n) is 2.92. The van der Waals surface area contributed by atoms with E-state index in [0.29, 0.717) is 0 Å². The van der Waals surface area contributed by atoms with Gasteiger partial charge in [-0.25, -0.2) is 0 Å². The topological polar surface area (TPSA) is 52.6 Å². The van der Waals surface area contributed by atoms with Crippen molar-refractivity contribution in [2.45, 2.75) is 13.2 Å². The van der Waals surface area contributed by atoms with Gasteiger partial charge in [-0.05, 0) is 11.1 Å². The monoisotopic (exact) mass is 362 g/mol. The van der Waals surface area contributed by atoms with Crippen LogP contribution in [-0.4, -0.2) is 23.4 Å². The van der Waals surface area contributed by atoms with Gasteiger partial charge in [-0.1, -0.05) is 82.3 Å². The molecule has 2 aromatic carbocycles. The van der Waals surface area contributed by atoms with E-state index in [1.165, 1.54) is 21.6 Å². The lowest BCUT2D eigenvalue weighted by molar-refractivity contribution is -0.142. The highest BCUT2D eigenvalue weighted by atomic mass is 33.1. The molecule has 0 bridgehead atoms. The SMILES string of the molecule is O=C(CSSCC(=O)OCc1ccccc1)OCc1ccccc1. The van der Waals surface area contributed by atoms with Gasteiger partial charge in [0.1, 0.15) is 24.7 Å². The summed E-state index contributed by atoms with van der Waals surface area (Å²) < 4.78 is 10.3. The summed E-state index contributed by atoms with van der Waals surface area (Å²) in [6.07, 6.45) is 0. The Morgan fingerprint density at radius 3 is 1.42 bits per heavy atom. The van der Waals surface area contributed by atoms with Crippen LogP contribution >= 0.6 is 21.6 Å². The fraction of sp³-hybridized carbons (Fsp3) is 0.222. The Morgan fingerprint density at radius 1 is 0.667 bits per heavy atom. The first-order chi connectivity index (χ1) is 11.7. The van der Waals surface area contributed by atoms with E-state index in [2.05, 4.69) is 0 Å². The summed E-state index contributed by atoms with van der Waals surface area (Å²) in [5.74, 6) is -0.199. The Labute approximate surface area is 149 Å². The molecule has 0 unspecified atom stereocenters. The Hall–Kier alpha value is -1.92. The molecule has 0 amide bonds. The second kappa shape index (κ2) is 10.8. The molecule has 0 spiro atoms. The summed E-state index contributed by atoms with van der Waals surface area (Å²) in [6.45, 7) is 0.536. The van der Waals surface area contributed by atoms with Crippen molar-refractivity contribution in [1.82, 2.24) is 0 Å². The molecule has 2 rings (SSSR count). The first-order valence-electron chi connectivity index (χ1n) is 7.37. The van der Waals surface area contributed by atoms with Gasteiger partial charge in [0.05, 0.1) is 0 Å². The van der Waals surface area contributed by atoms with E-state index < -0.39 is 0 Å². The molecule has 0 radical (unpaired) electrons. The molecule has 6 heteroatoms. The molecule has 0 heterocycles. The van der Waals surface area contributed by atoms with Crippen LogP contribution in [0.1, 0.15) is 11.1 Å². The van der Waals surface area contributed by atoms with Crippen LogP contribution in [0.25, 0.3) is 0 Å². The van der Waals surface area contributed by atoms with E-state index in [-0.39, 0.29) is 36.7 Å². The second-order valence-corrected chi connectivity index (χ2v) is 7.28. The van der Waals surface area contributed by atoms with Crippen molar-refractivity contribution >= 4 is 33.5 Å². The first kappa shape index (κ1) is 18.4. The minimum Gasteiger partial charge on any atom is -0.460 e. The molecular formula is C18H18O4S2. The molecule has 0 atom stereocenters. The van der Waals surface area contributed by atoms with E-state index in [0.717, 1.165) is 11.1 Å². The maximum atomic E-state index is 11.6. The third kappa shape index (κ3) is 7.57. The van der Waals surface area contributed by atoms with Gasteiger partial charge in [0.2, 0.25) is 0 Å². The lowest BCUT2D eigenvalue weighted by atomic mass is 10.2. The molecule has 0 aliphatic rings. The van der Waals surface area contributed by atoms with Crippen LogP contribution in [0.4, 0.5) is 0 Å². The van der Waals surface area contributed by atoms with Crippen LogP contribution in [0.2, 0.25) is 0 Å². The van der Waals surface area contributed by atoms with Gasteiger partial charge in [-0.3, -0.25) is 9.59 Å². The average molecular weight is 362 g/mol. The number of ether oxygens (including phenoxy) is 2. The fourth-order valence-corrected chi connectivity index (χ4v) is 3.34. The van der Waals surface area contributed by atoms with Crippen molar-refractivity contribution in [3.05, 3.63) is 71.8 Å². The summed E-state index contributed by atoms with van der Waals surface area (Å²) in [4.78, 5) is 23.2. The Morgan fingerprint density at radius 2 is 1.04 bits per heavy atom.